The van der Waals surface area contributed by atoms with Gasteiger partial charge in [0.25, 0.3) is 0 Å². The van der Waals surface area contributed by atoms with E-state index in [1.54, 1.807) is 19.0 Å². The molecule has 0 fully saturated rings. The summed E-state index contributed by atoms with van der Waals surface area (Å²) in [6, 6.07) is 18.0. The minimum absolute atomic E-state index is 0.0379. The molecule has 1 amide bonds. The van der Waals surface area contributed by atoms with E-state index in [1.165, 1.54) is 5.56 Å². The maximum Gasteiger partial charge on any atom is 0.242 e. The predicted octanol–water partition coefficient (Wildman–Crippen LogP) is 2.74. The quantitative estimate of drug-likeness (QED) is 0.788. The average Bonchev–Trinajstić information content (AvgIpc) is 2.91. The van der Waals surface area contributed by atoms with Crippen LogP contribution in [0.3, 0.4) is 0 Å². The number of carbonyl (C=O) groups is 1. The molecule has 0 atom stereocenters. The summed E-state index contributed by atoms with van der Waals surface area (Å²) in [5.74, 6) is 0.751. The molecule has 0 aliphatic heterocycles. The van der Waals surface area contributed by atoms with Crippen LogP contribution < -0.4 is 5.32 Å². The fraction of sp³-hybridized carbons (Fsp3) is 0.222. The van der Waals surface area contributed by atoms with E-state index in [4.69, 9.17) is 0 Å². The number of carbonyl (C=O) groups excluding carboxylic acids is 1. The van der Waals surface area contributed by atoms with Crippen molar-refractivity contribution >= 4 is 22.9 Å². The third-order valence-electron chi connectivity index (χ3n) is 3.74. The molecule has 23 heavy (non-hydrogen) atoms. The number of nitrogens with zero attached hydrogens (tertiary/aromatic N) is 3. The minimum atomic E-state index is 0.0379. The van der Waals surface area contributed by atoms with Gasteiger partial charge in [-0.2, -0.15) is 0 Å². The second-order valence-electron chi connectivity index (χ2n) is 5.64. The molecule has 0 aliphatic carbocycles. The largest absolute Gasteiger partial charge is 0.352 e. The summed E-state index contributed by atoms with van der Waals surface area (Å²) in [5.41, 5.74) is 3.01. The number of likely N-dealkylation sites (N-methyl/N-ethyl adjacent to an activating group) is 1. The van der Waals surface area contributed by atoms with E-state index in [1.807, 2.05) is 47.0 Å². The van der Waals surface area contributed by atoms with Gasteiger partial charge in [0.15, 0.2) is 0 Å². The summed E-state index contributed by atoms with van der Waals surface area (Å²) in [4.78, 5) is 18.3. The van der Waals surface area contributed by atoms with Crippen molar-refractivity contribution in [3.63, 3.8) is 0 Å². The highest BCUT2D eigenvalue weighted by atomic mass is 16.2. The molecule has 5 heteroatoms. The third kappa shape index (κ3) is 3.34. The van der Waals surface area contributed by atoms with Crippen LogP contribution in [0, 0.1) is 0 Å². The van der Waals surface area contributed by atoms with Crippen molar-refractivity contribution in [2.75, 3.05) is 19.4 Å². The zero-order valence-corrected chi connectivity index (χ0v) is 13.4. The number of hydrogen-bond donors (Lipinski definition) is 1. The lowest BCUT2D eigenvalue weighted by atomic mass is 10.2. The van der Waals surface area contributed by atoms with Gasteiger partial charge in [-0.3, -0.25) is 4.79 Å². The van der Waals surface area contributed by atoms with E-state index < -0.39 is 0 Å². The number of aromatic nitrogens is 2. The van der Waals surface area contributed by atoms with Crippen LogP contribution in [0.2, 0.25) is 0 Å². The van der Waals surface area contributed by atoms with Crippen molar-refractivity contribution in [3.05, 3.63) is 60.2 Å². The van der Waals surface area contributed by atoms with Crippen LogP contribution in [0.1, 0.15) is 5.56 Å². The van der Waals surface area contributed by atoms with Gasteiger partial charge in [-0.15, -0.1) is 0 Å². The third-order valence-corrected chi connectivity index (χ3v) is 3.74. The zero-order chi connectivity index (χ0) is 16.2. The molecule has 1 aromatic heterocycles. The molecule has 118 valence electrons. The highest BCUT2D eigenvalue weighted by Gasteiger charge is 2.14. The lowest BCUT2D eigenvalue weighted by molar-refractivity contribution is -0.129. The van der Waals surface area contributed by atoms with E-state index in [0.717, 1.165) is 11.0 Å². The Bertz CT molecular complexity index is 808. The fourth-order valence-corrected chi connectivity index (χ4v) is 2.42. The number of anilines is 1. The Morgan fingerprint density at radius 1 is 1.09 bits per heavy atom. The maximum absolute atomic E-state index is 12.1. The number of benzene rings is 2. The molecule has 5 nitrogen and oxygen atoms in total. The number of amides is 1. The van der Waals surface area contributed by atoms with Crippen LogP contribution in [0.25, 0.3) is 11.0 Å². The lowest BCUT2D eigenvalue weighted by Gasteiger charge is -2.14. The highest BCUT2D eigenvalue weighted by Crippen LogP contribution is 2.20. The van der Waals surface area contributed by atoms with E-state index in [9.17, 15) is 4.79 Å². The van der Waals surface area contributed by atoms with Gasteiger partial charge < -0.3 is 14.8 Å². The average molecular weight is 308 g/mol. The number of imidazole rings is 1. The van der Waals surface area contributed by atoms with Crippen molar-refractivity contribution in [3.8, 4) is 0 Å². The minimum Gasteiger partial charge on any atom is -0.352 e. The Morgan fingerprint density at radius 2 is 1.78 bits per heavy atom. The number of nitrogens with one attached hydrogen (secondary N) is 1. The molecule has 0 saturated carbocycles. The predicted molar refractivity (Wildman–Crippen MR) is 92.2 cm³/mol. The first-order valence-electron chi connectivity index (χ1n) is 7.58. The lowest BCUT2D eigenvalue weighted by Crippen LogP contribution is -2.26. The summed E-state index contributed by atoms with van der Waals surface area (Å²) in [7, 11) is 3.52. The first-order chi connectivity index (χ1) is 11.1. The summed E-state index contributed by atoms with van der Waals surface area (Å²) in [6.07, 6.45) is 0. The van der Waals surface area contributed by atoms with Crippen LogP contribution in [0.15, 0.2) is 54.6 Å². The first kappa shape index (κ1) is 15.1. The molecule has 3 rings (SSSR count). The van der Waals surface area contributed by atoms with Gasteiger partial charge >= 0.3 is 0 Å². The molecule has 0 spiro atoms. The Balaban J connectivity index is 1.90. The van der Waals surface area contributed by atoms with Gasteiger partial charge in [0, 0.05) is 20.6 Å². The van der Waals surface area contributed by atoms with Crippen molar-refractivity contribution in [1.29, 1.82) is 0 Å². The van der Waals surface area contributed by atoms with Crippen LogP contribution in [0.4, 0.5) is 5.95 Å². The Hall–Kier alpha value is -2.82. The van der Waals surface area contributed by atoms with Crippen LogP contribution >= 0.6 is 0 Å². The van der Waals surface area contributed by atoms with Gasteiger partial charge in [0.2, 0.25) is 11.9 Å². The van der Waals surface area contributed by atoms with Gasteiger partial charge in [-0.05, 0) is 17.7 Å². The number of fused-ring (bicyclic) bond motifs is 1. The molecule has 3 aromatic rings. The van der Waals surface area contributed by atoms with Crippen molar-refractivity contribution in [2.45, 2.75) is 13.1 Å². The SMILES string of the molecule is CN(C)C(=O)Cn1c(NCc2ccccc2)nc2ccccc21. The number of rotatable bonds is 5. The second kappa shape index (κ2) is 6.52. The van der Waals surface area contributed by atoms with E-state index in [-0.39, 0.29) is 12.5 Å². The van der Waals surface area contributed by atoms with E-state index in [0.29, 0.717) is 12.5 Å². The monoisotopic (exact) mass is 308 g/mol. The van der Waals surface area contributed by atoms with Crippen molar-refractivity contribution < 1.29 is 4.79 Å². The fourth-order valence-electron chi connectivity index (χ4n) is 2.42. The molecule has 0 aliphatic rings. The normalized spacial score (nSPS) is 10.7. The molecular weight excluding hydrogens is 288 g/mol. The van der Waals surface area contributed by atoms with Gasteiger partial charge in [0.1, 0.15) is 6.54 Å². The second-order valence-corrected chi connectivity index (χ2v) is 5.64. The smallest absolute Gasteiger partial charge is 0.242 e. The summed E-state index contributed by atoms with van der Waals surface area (Å²) < 4.78 is 1.93. The summed E-state index contributed by atoms with van der Waals surface area (Å²) >= 11 is 0. The molecule has 0 bridgehead atoms. The van der Waals surface area contributed by atoms with Gasteiger partial charge in [0.05, 0.1) is 11.0 Å². The zero-order valence-electron chi connectivity index (χ0n) is 13.4. The maximum atomic E-state index is 12.1. The Kier molecular flexibility index (Phi) is 4.28. The molecule has 0 unspecified atom stereocenters. The van der Waals surface area contributed by atoms with Crippen LogP contribution in [-0.2, 0) is 17.9 Å². The molecular formula is C18H20N4O. The first-order valence-corrected chi connectivity index (χ1v) is 7.58. The summed E-state index contributed by atoms with van der Waals surface area (Å²) in [5, 5.41) is 3.34. The summed E-state index contributed by atoms with van der Waals surface area (Å²) in [6.45, 7) is 0.935. The van der Waals surface area contributed by atoms with Crippen molar-refractivity contribution in [1.82, 2.24) is 14.5 Å². The Labute approximate surface area is 135 Å². The molecule has 0 saturated heterocycles. The molecule has 2 aromatic carbocycles. The van der Waals surface area contributed by atoms with Gasteiger partial charge in [-0.25, -0.2) is 4.98 Å². The van der Waals surface area contributed by atoms with Crippen LogP contribution in [0.5, 0.6) is 0 Å². The van der Waals surface area contributed by atoms with Gasteiger partial charge in [-0.1, -0.05) is 42.5 Å². The van der Waals surface area contributed by atoms with Crippen LogP contribution in [-0.4, -0.2) is 34.5 Å². The molecule has 1 heterocycles. The Morgan fingerprint density at radius 3 is 2.52 bits per heavy atom. The number of para-hydroxylation sites is 2. The van der Waals surface area contributed by atoms with Crippen molar-refractivity contribution in [2.24, 2.45) is 0 Å². The number of hydrogen-bond acceptors (Lipinski definition) is 3. The van der Waals surface area contributed by atoms with E-state index in [2.05, 4.69) is 22.4 Å². The molecule has 0 radical (unpaired) electrons. The standard InChI is InChI=1S/C18H20N4O/c1-21(2)17(23)13-22-16-11-7-6-10-15(16)20-18(22)19-12-14-8-4-3-5-9-14/h3-11H,12-13H2,1-2H3,(H,19,20). The highest BCUT2D eigenvalue weighted by molar-refractivity contribution is 5.83. The molecule has 1 N–H and O–H groups in total. The van der Waals surface area contributed by atoms with E-state index >= 15 is 0 Å². The topological polar surface area (TPSA) is 50.2 Å².